The van der Waals surface area contributed by atoms with Crippen molar-refractivity contribution in [3.8, 4) is 5.88 Å². The van der Waals surface area contributed by atoms with Crippen LogP contribution < -0.4 is 15.8 Å². The zero-order chi connectivity index (χ0) is 11.4. The summed E-state index contributed by atoms with van der Waals surface area (Å²) in [5.41, 5.74) is 6.52. The van der Waals surface area contributed by atoms with Crippen molar-refractivity contribution in [2.45, 2.75) is 6.54 Å². The molecule has 0 atom stereocenters. The van der Waals surface area contributed by atoms with E-state index in [9.17, 15) is 0 Å². The van der Waals surface area contributed by atoms with Crippen LogP contribution in [0.5, 0.6) is 5.88 Å². The van der Waals surface area contributed by atoms with Gasteiger partial charge in [0.05, 0.1) is 7.11 Å². The summed E-state index contributed by atoms with van der Waals surface area (Å²) in [6.45, 7) is 0.638. The van der Waals surface area contributed by atoms with Gasteiger partial charge in [-0.2, -0.15) is 4.37 Å². The Labute approximate surface area is 97.4 Å². The number of hydrogen-bond donors (Lipinski definition) is 2. The molecule has 0 aliphatic heterocycles. The van der Waals surface area contributed by atoms with Gasteiger partial charge in [0.25, 0.3) is 0 Å². The third-order valence-corrected chi connectivity index (χ3v) is 2.79. The van der Waals surface area contributed by atoms with E-state index in [0.29, 0.717) is 18.2 Å². The fourth-order valence-electron chi connectivity index (χ4n) is 1.30. The van der Waals surface area contributed by atoms with Crippen molar-refractivity contribution in [3.05, 3.63) is 30.0 Å². The minimum Gasteiger partial charge on any atom is -0.481 e. The van der Waals surface area contributed by atoms with Gasteiger partial charge in [0.15, 0.2) is 0 Å². The third-order valence-electron chi connectivity index (χ3n) is 2.02. The summed E-state index contributed by atoms with van der Waals surface area (Å²) >= 11 is 1.33. The molecule has 0 aliphatic carbocycles. The number of nitrogens with one attached hydrogen (secondary N) is 1. The number of nitrogens with zero attached hydrogens (tertiary/aromatic N) is 2. The lowest BCUT2D eigenvalue weighted by Gasteiger charge is -2.07. The molecule has 0 bridgehead atoms. The molecule has 3 N–H and O–H groups in total. The van der Waals surface area contributed by atoms with Gasteiger partial charge in [-0.1, -0.05) is 6.07 Å². The molecule has 0 aliphatic rings. The zero-order valence-electron chi connectivity index (χ0n) is 8.80. The highest BCUT2D eigenvalue weighted by molar-refractivity contribution is 7.10. The molecule has 0 amide bonds. The summed E-state index contributed by atoms with van der Waals surface area (Å²) in [5, 5.41) is 4.15. The van der Waals surface area contributed by atoms with Crippen LogP contribution in [0.15, 0.2) is 24.4 Å². The second-order valence-electron chi connectivity index (χ2n) is 3.14. The molecular formula is C10H12N4OS. The molecule has 84 valence electrons. The van der Waals surface area contributed by atoms with Crippen LogP contribution in [0, 0.1) is 0 Å². The first-order chi connectivity index (χ1) is 7.79. The molecular weight excluding hydrogens is 224 g/mol. The standard InChI is InChI=1S/C10H12N4OS/c1-15-10-7(3-2-4-12-10)6-13-9-5-8(11)14-16-9/h2-5,13H,6H2,1H3,(H2,11,14). The Kier molecular flexibility index (Phi) is 3.21. The molecule has 2 rings (SSSR count). The van der Waals surface area contributed by atoms with Crippen molar-refractivity contribution in [3.63, 3.8) is 0 Å². The predicted molar refractivity (Wildman–Crippen MR) is 64.6 cm³/mol. The molecule has 0 saturated heterocycles. The van der Waals surface area contributed by atoms with E-state index >= 15 is 0 Å². The van der Waals surface area contributed by atoms with E-state index in [1.165, 1.54) is 11.5 Å². The molecule has 0 fully saturated rings. The smallest absolute Gasteiger partial charge is 0.218 e. The lowest BCUT2D eigenvalue weighted by molar-refractivity contribution is 0.393. The normalized spacial score (nSPS) is 10.1. The van der Waals surface area contributed by atoms with Gasteiger partial charge in [0.1, 0.15) is 10.8 Å². The number of pyridine rings is 1. The molecule has 0 spiro atoms. The first-order valence-corrected chi connectivity index (χ1v) is 5.51. The minimum atomic E-state index is 0.533. The SMILES string of the molecule is COc1ncccc1CNc1cc(N)ns1. The fraction of sp³-hybridized carbons (Fsp3) is 0.200. The molecule has 0 radical (unpaired) electrons. The summed E-state index contributed by atoms with van der Waals surface area (Å²) in [7, 11) is 1.61. The predicted octanol–water partition coefficient (Wildman–Crippen LogP) is 1.74. The van der Waals surface area contributed by atoms with Crippen molar-refractivity contribution >= 4 is 22.4 Å². The van der Waals surface area contributed by atoms with Crippen molar-refractivity contribution in [1.82, 2.24) is 9.36 Å². The van der Waals surface area contributed by atoms with Gasteiger partial charge < -0.3 is 15.8 Å². The Morgan fingerprint density at radius 3 is 3.12 bits per heavy atom. The minimum absolute atomic E-state index is 0.533. The topological polar surface area (TPSA) is 73.1 Å². The monoisotopic (exact) mass is 236 g/mol. The zero-order valence-corrected chi connectivity index (χ0v) is 9.62. The Morgan fingerprint density at radius 2 is 2.44 bits per heavy atom. The second-order valence-corrected chi connectivity index (χ2v) is 3.95. The first kappa shape index (κ1) is 10.7. The number of rotatable bonds is 4. The second kappa shape index (κ2) is 4.80. The molecule has 2 aromatic rings. The molecule has 5 nitrogen and oxygen atoms in total. The summed E-state index contributed by atoms with van der Waals surface area (Å²) in [5.74, 6) is 1.16. The van der Waals surface area contributed by atoms with Gasteiger partial charge in [-0.3, -0.25) is 0 Å². The molecule has 2 heterocycles. The van der Waals surface area contributed by atoms with Gasteiger partial charge >= 0.3 is 0 Å². The molecule has 16 heavy (non-hydrogen) atoms. The average molecular weight is 236 g/mol. The van der Waals surface area contributed by atoms with E-state index in [1.54, 1.807) is 19.4 Å². The lowest BCUT2D eigenvalue weighted by atomic mass is 10.2. The van der Waals surface area contributed by atoms with Gasteiger partial charge in [0.2, 0.25) is 5.88 Å². The number of hydrogen-bond acceptors (Lipinski definition) is 6. The summed E-state index contributed by atoms with van der Waals surface area (Å²) in [4.78, 5) is 4.12. The number of anilines is 2. The maximum absolute atomic E-state index is 5.53. The van der Waals surface area contributed by atoms with Crippen LogP contribution in [-0.2, 0) is 6.54 Å². The lowest BCUT2D eigenvalue weighted by Crippen LogP contribution is -2.01. The maximum Gasteiger partial charge on any atom is 0.218 e. The Bertz CT molecular complexity index is 471. The van der Waals surface area contributed by atoms with Crippen molar-refractivity contribution in [1.29, 1.82) is 0 Å². The number of nitrogen functional groups attached to an aromatic ring is 1. The molecule has 0 aromatic carbocycles. The van der Waals surface area contributed by atoms with E-state index in [4.69, 9.17) is 10.5 Å². The van der Waals surface area contributed by atoms with E-state index in [1.807, 2.05) is 12.1 Å². The van der Waals surface area contributed by atoms with Gasteiger partial charge in [0, 0.05) is 24.4 Å². The average Bonchev–Trinajstić information content (AvgIpc) is 2.73. The summed E-state index contributed by atoms with van der Waals surface area (Å²) in [6, 6.07) is 5.64. The van der Waals surface area contributed by atoms with Gasteiger partial charge in [-0.05, 0) is 17.6 Å². The molecule has 6 heteroatoms. The van der Waals surface area contributed by atoms with E-state index in [2.05, 4.69) is 14.7 Å². The summed E-state index contributed by atoms with van der Waals surface area (Å²) in [6.07, 6.45) is 1.70. The van der Waals surface area contributed by atoms with Crippen molar-refractivity contribution < 1.29 is 4.74 Å². The van der Waals surface area contributed by atoms with E-state index < -0.39 is 0 Å². The van der Waals surface area contributed by atoms with Crippen LogP contribution in [0.25, 0.3) is 0 Å². The maximum atomic E-state index is 5.53. The van der Waals surface area contributed by atoms with Gasteiger partial charge in [-0.15, -0.1) is 0 Å². The van der Waals surface area contributed by atoms with Crippen molar-refractivity contribution in [2.75, 3.05) is 18.2 Å². The van der Waals surface area contributed by atoms with Gasteiger partial charge in [-0.25, -0.2) is 4.98 Å². The highest BCUT2D eigenvalue weighted by atomic mass is 32.1. The number of methoxy groups -OCH3 is 1. The Morgan fingerprint density at radius 1 is 1.56 bits per heavy atom. The van der Waals surface area contributed by atoms with Crippen molar-refractivity contribution in [2.24, 2.45) is 0 Å². The molecule has 2 aromatic heterocycles. The highest BCUT2D eigenvalue weighted by Gasteiger charge is 2.04. The van der Waals surface area contributed by atoms with Crippen LogP contribution in [0.3, 0.4) is 0 Å². The van der Waals surface area contributed by atoms with Crippen LogP contribution in [-0.4, -0.2) is 16.5 Å². The van der Waals surface area contributed by atoms with E-state index in [0.717, 1.165) is 10.6 Å². The fourth-order valence-corrected chi connectivity index (χ4v) is 1.86. The third kappa shape index (κ3) is 2.40. The highest BCUT2D eigenvalue weighted by Crippen LogP contribution is 2.20. The number of nitrogens with two attached hydrogens (primary N) is 1. The van der Waals surface area contributed by atoms with Crippen LogP contribution in [0.1, 0.15) is 5.56 Å². The molecule has 0 unspecified atom stereocenters. The summed E-state index contributed by atoms with van der Waals surface area (Å²) < 4.78 is 9.13. The van der Waals surface area contributed by atoms with E-state index in [-0.39, 0.29) is 0 Å². The van der Waals surface area contributed by atoms with Crippen LogP contribution in [0.2, 0.25) is 0 Å². The number of aromatic nitrogens is 2. The van der Waals surface area contributed by atoms with Crippen LogP contribution >= 0.6 is 11.5 Å². The van der Waals surface area contributed by atoms with Crippen LogP contribution in [0.4, 0.5) is 10.8 Å². The quantitative estimate of drug-likeness (QED) is 0.846. The number of ether oxygens (including phenoxy) is 1. The first-order valence-electron chi connectivity index (χ1n) is 4.73. The largest absolute Gasteiger partial charge is 0.481 e. The molecule has 0 saturated carbocycles. The Hall–Kier alpha value is -1.82. The Balaban J connectivity index is 2.04.